The zero-order valence-electron chi connectivity index (χ0n) is 10.2. The molecule has 1 aromatic carbocycles. The summed E-state index contributed by atoms with van der Waals surface area (Å²) in [6.07, 6.45) is 0. The molecular weight excluding hydrogens is 280 g/mol. The Morgan fingerprint density at radius 1 is 1.26 bits per heavy atom. The van der Waals surface area contributed by atoms with Crippen LogP contribution >= 0.6 is 0 Å². The van der Waals surface area contributed by atoms with Gasteiger partial charge in [0, 0.05) is 0 Å². The molecule has 0 unspecified atom stereocenters. The van der Waals surface area contributed by atoms with Crippen molar-refractivity contribution in [3.63, 3.8) is 0 Å². The fourth-order valence-electron chi connectivity index (χ4n) is 1.37. The number of sulfone groups is 1. The summed E-state index contributed by atoms with van der Waals surface area (Å²) in [5.74, 6) is -3.54. The van der Waals surface area contributed by atoms with Gasteiger partial charge in [-0.05, 0) is 19.1 Å². The molecule has 0 saturated heterocycles. The fourth-order valence-corrected chi connectivity index (χ4v) is 2.25. The molecule has 0 bridgehead atoms. The van der Waals surface area contributed by atoms with E-state index in [0.717, 1.165) is 6.07 Å². The van der Waals surface area contributed by atoms with E-state index >= 15 is 0 Å². The number of nitrogens with one attached hydrogen (secondary N) is 1. The summed E-state index contributed by atoms with van der Waals surface area (Å²) in [4.78, 5) is -0.571. The number of alkyl halides is 2. The zero-order valence-corrected chi connectivity index (χ0v) is 11.0. The van der Waals surface area contributed by atoms with Crippen molar-refractivity contribution >= 4 is 15.5 Å². The second kappa shape index (κ2) is 5.81. The first kappa shape index (κ1) is 15.8. The minimum Gasteiger partial charge on any atom is -0.394 e. The summed E-state index contributed by atoms with van der Waals surface area (Å²) in [6.45, 7) is 0.442. The summed E-state index contributed by atoms with van der Waals surface area (Å²) in [6, 6.07) is 5.11. The summed E-state index contributed by atoms with van der Waals surface area (Å²) in [7, 11) is -4.76. The van der Waals surface area contributed by atoms with Crippen LogP contribution < -0.4 is 5.32 Å². The SMILES string of the molecule is CC(CO)(CO)Nc1ccccc1S(=O)(=O)C(F)F. The molecule has 0 aliphatic carbocycles. The molecule has 19 heavy (non-hydrogen) atoms. The number of rotatable bonds is 6. The first-order valence-corrected chi connectivity index (χ1v) is 6.92. The normalized spacial score (nSPS) is 12.7. The molecule has 0 radical (unpaired) electrons. The van der Waals surface area contributed by atoms with E-state index < -0.39 is 39.2 Å². The number of aliphatic hydroxyl groups is 2. The van der Waals surface area contributed by atoms with Gasteiger partial charge in [-0.1, -0.05) is 12.1 Å². The van der Waals surface area contributed by atoms with Crippen LogP contribution in [0.4, 0.5) is 14.5 Å². The summed E-state index contributed by atoms with van der Waals surface area (Å²) >= 11 is 0. The van der Waals surface area contributed by atoms with E-state index in [1.807, 2.05) is 0 Å². The van der Waals surface area contributed by atoms with Gasteiger partial charge in [0.1, 0.15) is 0 Å². The maximum absolute atomic E-state index is 12.6. The number of anilines is 1. The Bertz CT molecular complexity index is 529. The van der Waals surface area contributed by atoms with Crippen molar-refractivity contribution in [3.8, 4) is 0 Å². The van der Waals surface area contributed by atoms with E-state index in [1.165, 1.54) is 25.1 Å². The molecule has 5 nitrogen and oxygen atoms in total. The molecule has 0 aliphatic heterocycles. The molecule has 1 aromatic rings. The minimum atomic E-state index is -4.76. The lowest BCUT2D eigenvalue weighted by molar-refractivity contribution is 0.147. The molecule has 0 spiro atoms. The number of aliphatic hydroxyl groups excluding tert-OH is 2. The average Bonchev–Trinajstić information content (AvgIpc) is 2.38. The van der Waals surface area contributed by atoms with Crippen LogP contribution in [0.3, 0.4) is 0 Å². The maximum Gasteiger partial charge on any atom is 0.341 e. The van der Waals surface area contributed by atoms with Crippen LogP contribution in [0.25, 0.3) is 0 Å². The van der Waals surface area contributed by atoms with Crippen LogP contribution in [0.1, 0.15) is 6.92 Å². The topological polar surface area (TPSA) is 86.6 Å². The van der Waals surface area contributed by atoms with E-state index in [-0.39, 0.29) is 5.69 Å². The molecule has 0 amide bonds. The Labute approximate surface area is 109 Å². The van der Waals surface area contributed by atoms with Gasteiger partial charge in [0.25, 0.3) is 0 Å². The second-order valence-corrected chi connectivity index (χ2v) is 6.19. The Morgan fingerprint density at radius 3 is 2.26 bits per heavy atom. The van der Waals surface area contributed by atoms with Crippen LogP contribution in [0.5, 0.6) is 0 Å². The number of benzene rings is 1. The lowest BCUT2D eigenvalue weighted by Crippen LogP contribution is -2.43. The Morgan fingerprint density at radius 2 is 1.79 bits per heavy atom. The van der Waals surface area contributed by atoms with Crippen molar-refractivity contribution in [2.24, 2.45) is 0 Å². The van der Waals surface area contributed by atoms with E-state index in [2.05, 4.69) is 5.32 Å². The summed E-state index contributed by atoms with van der Waals surface area (Å²) in [5, 5.41) is 20.8. The third-order valence-electron chi connectivity index (χ3n) is 2.56. The van der Waals surface area contributed by atoms with Gasteiger partial charge in [0.05, 0.1) is 29.3 Å². The molecule has 0 aliphatic rings. The quantitative estimate of drug-likeness (QED) is 0.724. The standard InChI is InChI=1S/C11H15F2NO4S/c1-11(6-15,7-16)14-8-4-2-3-5-9(8)19(17,18)10(12)13/h2-5,10,14-16H,6-7H2,1H3. The van der Waals surface area contributed by atoms with Crippen molar-refractivity contribution in [2.75, 3.05) is 18.5 Å². The number of hydrogen-bond donors (Lipinski definition) is 3. The molecule has 0 fully saturated rings. The van der Waals surface area contributed by atoms with Gasteiger partial charge in [-0.25, -0.2) is 8.42 Å². The Balaban J connectivity index is 3.25. The van der Waals surface area contributed by atoms with Crippen LogP contribution in [0.2, 0.25) is 0 Å². The average molecular weight is 295 g/mol. The van der Waals surface area contributed by atoms with Crippen LogP contribution in [0, 0.1) is 0 Å². The van der Waals surface area contributed by atoms with Crippen LogP contribution in [-0.4, -0.2) is 43.1 Å². The Hall–Kier alpha value is -1.25. The number of halogens is 2. The van der Waals surface area contributed by atoms with Gasteiger partial charge in [-0.2, -0.15) is 8.78 Å². The molecule has 0 atom stereocenters. The van der Waals surface area contributed by atoms with E-state index in [9.17, 15) is 17.2 Å². The van der Waals surface area contributed by atoms with Crippen molar-refractivity contribution in [1.29, 1.82) is 0 Å². The highest BCUT2D eigenvalue weighted by Gasteiger charge is 2.31. The molecule has 8 heteroatoms. The predicted molar refractivity (Wildman–Crippen MR) is 65.8 cm³/mol. The van der Waals surface area contributed by atoms with Crippen molar-refractivity contribution in [1.82, 2.24) is 0 Å². The fraction of sp³-hybridized carbons (Fsp3) is 0.455. The van der Waals surface area contributed by atoms with E-state index in [1.54, 1.807) is 0 Å². The van der Waals surface area contributed by atoms with Gasteiger partial charge in [-0.3, -0.25) is 0 Å². The smallest absolute Gasteiger partial charge is 0.341 e. The predicted octanol–water partition coefficient (Wildman–Crippen LogP) is 0.838. The maximum atomic E-state index is 12.6. The second-order valence-electron chi connectivity index (χ2n) is 4.30. The van der Waals surface area contributed by atoms with Gasteiger partial charge in [0.15, 0.2) is 0 Å². The number of para-hydroxylation sites is 1. The van der Waals surface area contributed by atoms with Crippen molar-refractivity contribution in [2.45, 2.75) is 23.1 Å². The molecule has 0 saturated carbocycles. The molecular formula is C11H15F2NO4S. The van der Waals surface area contributed by atoms with Gasteiger partial charge >= 0.3 is 5.76 Å². The third-order valence-corrected chi connectivity index (χ3v) is 4.00. The van der Waals surface area contributed by atoms with Crippen LogP contribution in [-0.2, 0) is 9.84 Å². The van der Waals surface area contributed by atoms with Gasteiger partial charge in [0.2, 0.25) is 9.84 Å². The zero-order chi connectivity index (χ0) is 14.7. The molecule has 108 valence electrons. The summed E-state index contributed by atoms with van der Waals surface area (Å²) < 4.78 is 48.1. The van der Waals surface area contributed by atoms with Gasteiger partial charge in [-0.15, -0.1) is 0 Å². The highest BCUT2D eigenvalue weighted by molar-refractivity contribution is 7.91. The Kier molecular flexibility index (Phi) is 4.83. The van der Waals surface area contributed by atoms with Crippen LogP contribution in [0.15, 0.2) is 29.2 Å². The lowest BCUT2D eigenvalue weighted by atomic mass is 10.1. The monoisotopic (exact) mass is 295 g/mol. The molecule has 0 aromatic heterocycles. The van der Waals surface area contributed by atoms with Gasteiger partial charge < -0.3 is 15.5 Å². The van der Waals surface area contributed by atoms with E-state index in [0.29, 0.717) is 0 Å². The van der Waals surface area contributed by atoms with E-state index in [4.69, 9.17) is 10.2 Å². The third kappa shape index (κ3) is 3.40. The summed E-state index contributed by atoms with van der Waals surface area (Å²) in [5.41, 5.74) is -1.30. The first-order valence-electron chi connectivity index (χ1n) is 5.38. The molecule has 0 heterocycles. The largest absolute Gasteiger partial charge is 0.394 e. The molecule has 1 rings (SSSR count). The molecule has 3 N–H and O–H groups in total. The minimum absolute atomic E-state index is 0.0894. The van der Waals surface area contributed by atoms with Crippen molar-refractivity contribution < 1.29 is 27.4 Å². The lowest BCUT2D eigenvalue weighted by Gasteiger charge is -2.28. The first-order chi connectivity index (χ1) is 8.77. The number of hydrogen-bond acceptors (Lipinski definition) is 5. The van der Waals surface area contributed by atoms with Crippen molar-refractivity contribution in [3.05, 3.63) is 24.3 Å². The highest BCUT2D eigenvalue weighted by atomic mass is 32.2. The highest BCUT2D eigenvalue weighted by Crippen LogP contribution is 2.28.